The molecule has 156 valence electrons. The van der Waals surface area contributed by atoms with Crippen molar-refractivity contribution in [3.05, 3.63) is 65.6 Å². The third-order valence-electron chi connectivity index (χ3n) is 4.87. The normalized spacial score (nSPS) is 16.7. The van der Waals surface area contributed by atoms with Crippen molar-refractivity contribution >= 4 is 34.9 Å². The largest absolute Gasteiger partial charge is 0.433 e. The number of aromatic nitrogens is 2. The number of fused-ring (bicyclic) bond motifs is 1. The fourth-order valence-electron chi connectivity index (χ4n) is 3.55. The Labute approximate surface area is 176 Å². The van der Waals surface area contributed by atoms with Gasteiger partial charge in [0.15, 0.2) is 5.15 Å². The number of nitrogens with one attached hydrogen (secondary N) is 1. The molecule has 1 unspecified atom stereocenters. The van der Waals surface area contributed by atoms with Crippen LogP contribution in [0.5, 0.6) is 5.75 Å². The van der Waals surface area contributed by atoms with E-state index in [9.17, 15) is 13.6 Å². The molecule has 1 saturated heterocycles. The first-order chi connectivity index (χ1) is 14.5. The Morgan fingerprint density at radius 2 is 2.07 bits per heavy atom. The summed E-state index contributed by atoms with van der Waals surface area (Å²) in [5.41, 5.74) is 1.90. The molecule has 1 atom stereocenters. The topological polar surface area (TPSA) is 58.9 Å². The number of ether oxygens (including phenoxy) is 1. The number of hydrogen-bond acceptors (Lipinski definition) is 4. The van der Waals surface area contributed by atoms with Crippen LogP contribution in [0.25, 0.3) is 11.7 Å². The van der Waals surface area contributed by atoms with Gasteiger partial charge in [0.2, 0.25) is 5.91 Å². The highest BCUT2D eigenvalue weighted by molar-refractivity contribution is 6.31. The third kappa shape index (κ3) is 4.38. The molecule has 1 amide bonds. The van der Waals surface area contributed by atoms with E-state index in [0.29, 0.717) is 41.7 Å². The number of anilines is 1. The molecule has 3 heterocycles. The van der Waals surface area contributed by atoms with E-state index in [4.69, 9.17) is 11.6 Å². The van der Waals surface area contributed by atoms with Gasteiger partial charge in [0.25, 0.3) is 0 Å². The van der Waals surface area contributed by atoms with Crippen molar-refractivity contribution in [2.24, 2.45) is 0 Å². The van der Waals surface area contributed by atoms with Crippen LogP contribution in [0.3, 0.4) is 0 Å². The molecule has 9 heteroatoms. The number of benzene rings is 1. The number of nitrogens with zero attached hydrogens (tertiary/aromatic N) is 3. The van der Waals surface area contributed by atoms with Gasteiger partial charge in [-0.05, 0) is 36.8 Å². The van der Waals surface area contributed by atoms with Crippen LogP contribution in [0.15, 0.2) is 54.7 Å². The summed E-state index contributed by atoms with van der Waals surface area (Å²) in [6.07, 6.45) is 5.55. The van der Waals surface area contributed by atoms with Crippen LogP contribution in [0.2, 0.25) is 5.15 Å². The second-order valence-corrected chi connectivity index (χ2v) is 7.19. The molecule has 1 aromatic carbocycles. The fourth-order valence-corrected chi connectivity index (χ4v) is 3.79. The van der Waals surface area contributed by atoms with Crippen molar-refractivity contribution in [2.45, 2.75) is 19.1 Å². The number of hydrogen-bond donors (Lipinski definition) is 1. The molecular formula is C21H19ClF2N4O2. The number of carbonyl (C=O) groups excluding carboxylic acids is 1. The standard InChI is InChI=1S/C21H19ClF2N4O2/c22-20-16(28-11-4-3-7-18(28)26-20)8-9-19(29)25-14-10-12-27(13-14)15-5-1-2-6-17(15)30-21(23)24/h1-9,11,14,21H,10,12-13H2,(H,25,29)/b9-8+. The number of amides is 1. The van der Waals surface area contributed by atoms with Crippen molar-refractivity contribution in [1.82, 2.24) is 14.7 Å². The molecule has 6 nitrogen and oxygen atoms in total. The SMILES string of the molecule is O=C(/C=C/c1c(Cl)nc2ccccn12)NC1CCN(c2ccccc2OC(F)F)C1. The van der Waals surface area contributed by atoms with E-state index in [1.165, 1.54) is 12.1 Å². The lowest BCUT2D eigenvalue weighted by Crippen LogP contribution is -2.36. The first-order valence-electron chi connectivity index (χ1n) is 9.41. The number of para-hydroxylation sites is 2. The Hall–Kier alpha value is -3.13. The lowest BCUT2D eigenvalue weighted by atomic mass is 10.2. The smallest absolute Gasteiger partial charge is 0.387 e. The molecule has 3 aromatic rings. The van der Waals surface area contributed by atoms with Gasteiger partial charge in [-0.25, -0.2) is 4.98 Å². The van der Waals surface area contributed by atoms with Crippen LogP contribution in [-0.2, 0) is 4.79 Å². The van der Waals surface area contributed by atoms with E-state index in [1.54, 1.807) is 28.7 Å². The Bertz CT molecular complexity index is 1090. The first-order valence-corrected chi connectivity index (χ1v) is 9.79. The van der Waals surface area contributed by atoms with Crippen LogP contribution in [0.4, 0.5) is 14.5 Å². The summed E-state index contributed by atoms with van der Waals surface area (Å²) in [5, 5.41) is 3.25. The van der Waals surface area contributed by atoms with Gasteiger partial charge in [-0.3, -0.25) is 9.20 Å². The third-order valence-corrected chi connectivity index (χ3v) is 5.15. The molecule has 4 rings (SSSR count). The Morgan fingerprint density at radius 1 is 1.27 bits per heavy atom. The molecule has 0 aliphatic carbocycles. The van der Waals surface area contributed by atoms with Crippen molar-refractivity contribution in [2.75, 3.05) is 18.0 Å². The second-order valence-electron chi connectivity index (χ2n) is 6.84. The van der Waals surface area contributed by atoms with Gasteiger partial charge in [0, 0.05) is 31.4 Å². The zero-order valence-electron chi connectivity index (χ0n) is 15.8. The van der Waals surface area contributed by atoms with Gasteiger partial charge in [-0.2, -0.15) is 8.78 Å². The maximum Gasteiger partial charge on any atom is 0.387 e. The van der Waals surface area contributed by atoms with Crippen LogP contribution in [-0.4, -0.2) is 41.0 Å². The minimum atomic E-state index is -2.89. The molecule has 0 radical (unpaired) electrons. The lowest BCUT2D eigenvalue weighted by molar-refractivity contribution is -0.117. The summed E-state index contributed by atoms with van der Waals surface area (Å²) >= 11 is 6.17. The van der Waals surface area contributed by atoms with E-state index in [-0.39, 0.29) is 17.7 Å². The zero-order valence-corrected chi connectivity index (χ0v) is 16.6. The maximum absolute atomic E-state index is 12.6. The van der Waals surface area contributed by atoms with E-state index in [1.807, 2.05) is 29.3 Å². The Balaban J connectivity index is 1.40. The molecule has 30 heavy (non-hydrogen) atoms. The average Bonchev–Trinajstić information content (AvgIpc) is 3.30. The van der Waals surface area contributed by atoms with Gasteiger partial charge < -0.3 is 15.0 Å². The van der Waals surface area contributed by atoms with Gasteiger partial charge in [0.1, 0.15) is 11.4 Å². The molecule has 1 N–H and O–H groups in total. The van der Waals surface area contributed by atoms with Crippen LogP contribution < -0.4 is 15.0 Å². The quantitative estimate of drug-likeness (QED) is 0.598. The number of imidazole rings is 1. The predicted octanol–water partition coefficient (Wildman–Crippen LogP) is 4.00. The van der Waals surface area contributed by atoms with E-state index >= 15 is 0 Å². The highest BCUT2D eigenvalue weighted by Gasteiger charge is 2.26. The first kappa shape index (κ1) is 20.2. The molecule has 2 aromatic heterocycles. The molecule has 0 bridgehead atoms. The summed E-state index contributed by atoms with van der Waals surface area (Å²) in [7, 11) is 0. The average molecular weight is 433 g/mol. The van der Waals surface area contributed by atoms with Gasteiger partial charge in [-0.1, -0.05) is 29.8 Å². The highest BCUT2D eigenvalue weighted by atomic mass is 35.5. The minimum Gasteiger partial charge on any atom is -0.433 e. The Kier molecular flexibility index (Phi) is 5.85. The summed E-state index contributed by atoms with van der Waals surface area (Å²) in [4.78, 5) is 18.5. The summed E-state index contributed by atoms with van der Waals surface area (Å²) in [6, 6.07) is 12.1. The van der Waals surface area contributed by atoms with Crippen molar-refractivity contribution in [3.63, 3.8) is 0 Å². The van der Waals surface area contributed by atoms with Crippen molar-refractivity contribution in [1.29, 1.82) is 0 Å². The summed E-state index contributed by atoms with van der Waals surface area (Å²) < 4.78 is 31.7. The lowest BCUT2D eigenvalue weighted by Gasteiger charge is -2.21. The molecule has 1 fully saturated rings. The maximum atomic E-state index is 12.6. The number of carbonyl (C=O) groups is 1. The summed E-state index contributed by atoms with van der Waals surface area (Å²) in [6.45, 7) is -1.77. The monoisotopic (exact) mass is 432 g/mol. The Morgan fingerprint density at radius 3 is 2.90 bits per heavy atom. The predicted molar refractivity (Wildman–Crippen MR) is 111 cm³/mol. The molecule has 1 aliphatic rings. The molecule has 1 aliphatic heterocycles. The van der Waals surface area contributed by atoms with Crippen molar-refractivity contribution < 1.29 is 18.3 Å². The van der Waals surface area contributed by atoms with Crippen molar-refractivity contribution in [3.8, 4) is 5.75 Å². The number of halogens is 3. The fraction of sp³-hybridized carbons (Fsp3) is 0.238. The van der Waals surface area contributed by atoms with E-state index < -0.39 is 6.61 Å². The van der Waals surface area contributed by atoms with Crippen LogP contribution in [0.1, 0.15) is 12.1 Å². The van der Waals surface area contributed by atoms with Crippen LogP contribution >= 0.6 is 11.6 Å². The van der Waals surface area contributed by atoms with Crippen LogP contribution in [0, 0.1) is 0 Å². The second kappa shape index (κ2) is 8.71. The number of pyridine rings is 1. The zero-order chi connectivity index (χ0) is 21.1. The van der Waals surface area contributed by atoms with E-state index in [0.717, 1.165) is 0 Å². The molecule has 0 spiro atoms. The number of rotatable bonds is 6. The van der Waals surface area contributed by atoms with E-state index in [2.05, 4.69) is 15.0 Å². The number of alkyl halides is 2. The summed E-state index contributed by atoms with van der Waals surface area (Å²) in [5.74, 6) is -0.137. The minimum absolute atomic E-state index is 0.112. The van der Waals surface area contributed by atoms with Gasteiger partial charge >= 0.3 is 6.61 Å². The van der Waals surface area contributed by atoms with Gasteiger partial charge in [0.05, 0.1) is 11.4 Å². The van der Waals surface area contributed by atoms with Gasteiger partial charge in [-0.15, -0.1) is 0 Å². The highest BCUT2D eigenvalue weighted by Crippen LogP contribution is 2.31. The molecule has 0 saturated carbocycles. The molecular weight excluding hydrogens is 414 g/mol.